The lowest BCUT2D eigenvalue weighted by Crippen LogP contribution is -2.20. The van der Waals surface area contributed by atoms with E-state index in [0.717, 1.165) is 13.1 Å². The van der Waals surface area contributed by atoms with E-state index in [0.29, 0.717) is 0 Å². The molecule has 2 nitrogen and oxygen atoms in total. The summed E-state index contributed by atoms with van der Waals surface area (Å²) in [5, 5.41) is 4.30. The summed E-state index contributed by atoms with van der Waals surface area (Å²) in [6.07, 6.45) is 10.1. The minimum Gasteiger partial charge on any atom is -0.298 e. The van der Waals surface area contributed by atoms with Crippen LogP contribution in [0.1, 0.15) is 31.9 Å². The fourth-order valence-corrected chi connectivity index (χ4v) is 3.78. The van der Waals surface area contributed by atoms with Gasteiger partial charge in [-0.2, -0.15) is 11.3 Å². The van der Waals surface area contributed by atoms with E-state index < -0.39 is 0 Å². The van der Waals surface area contributed by atoms with Crippen molar-refractivity contribution < 1.29 is 0 Å². The molecule has 0 bridgehead atoms. The minimum absolute atomic E-state index is 0.0108. The van der Waals surface area contributed by atoms with Crippen LogP contribution in [0.3, 0.4) is 0 Å². The van der Waals surface area contributed by atoms with Crippen LogP contribution in [0, 0.1) is 17.3 Å². The molecule has 3 heteroatoms. The molecular formula is C28H30N2S. The van der Waals surface area contributed by atoms with E-state index in [4.69, 9.17) is 0 Å². The molecule has 0 N–H and O–H groups in total. The van der Waals surface area contributed by atoms with E-state index in [1.807, 2.05) is 18.5 Å². The zero-order valence-electron chi connectivity index (χ0n) is 18.8. The minimum atomic E-state index is -0.0108. The lowest BCUT2D eigenvalue weighted by atomic mass is 9.98. The van der Waals surface area contributed by atoms with Crippen LogP contribution in [-0.4, -0.2) is 23.5 Å². The molecule has 0 radical (unpaired) electrons. The number of allylic oxidation sites excluding steroid dienone is 1. The Morgan fingerprint density at radius 1 is 1.10 bits per heavy atom. The molecule has 31 heavy (non-hydrogen) atoms. The summed E-state index contributed by atoms with van der Waals surface area (Å²) in [5.41, 5.74) is 6.14. The van der Waals surface area contributed by atoms with Crippen molar-refractivity contribution in [2.75, 3.05) is 13.6 Å². The molecule has 3 rings (SSSR count). The number of nitrogens with zero attached hydrogens (tertiary/aromatic N) is 2. The molecule has 0 amide bonds. The fourth-order valence-electron chi connectivity index (χ4n) is 3.11. The molecule has 158 valence electrons. The first kappa shape index (κ1) is 22.7. The van der Waals surface area contributed by atoms with Crippen molar-refractivity contribution in [2.24, 2.45) is 5.41 Å². The van der Waals surface area contributed by atoms with Gasteiger partial charge < -0.3 is 0 Å². The predicted octanol–water partition coefficient (Wildman–Crippen LogP) is 6.93. The van der Waals surface area contributed by atoms with E-state index in [1.54, 1.807) is 11.3 Å². The Morgan fingerprint density at radius 2 is 1.90 bits per heavy atom. The molecule has 2 aromatic heterocycles. The zero-order valence-corrected chi connectivity index (χ0v) is 19.6. The number of thiophene rings is 1. The first-order chi connectivity index (χ1) is 14.9. The van der Waals surface area contributed by atoms with E-state index in [2.05, 4.69) is 115 Å². The summed E-state index contributed by atoms with van der Waals surface area (Å²) in [5.74, 6) is 6.58. The SMILES string of the molecule is CN(CC(/C=C/c1cccc(-c2ccsc2)c1)=C/C#CC(C)(C)C)Cc1ccncc1. The predicted molar refractivity (Wildman–Crippen MR) is 135 cm³/mol. The number of pyridine rings is 1. The summed E-state index contributed by atoms with van der Waals surface area (Å²) < 4.78 is 0. The van der Waals surface area contributed by atoms with Gasteiger partial charge >= 0.3 is 0 Å². The molecular weight excluding hydrogens is 396 g/mol. The highest BCUT2D eigenvalue weighted by molar-refractivity contribution is 7.08. The van der Waals surface area contributed by atoms with Gasteiger partial charge in [-0.05, 0) is 96.7 Å². The molecule has 0 saturated heterocycles. The van der Waals surface area contributed by atoms with E-state index in [1.165, 1.54) is 27.8 Å². The van der Waals surface area contributed by atoms with E-state index in [9.17, 15) is 0 Å². The molecule has 1 aromatic carbocycles. The maximum absolute atomic E-state index is 4.11. The Morgan fingerprint density at radius 3 is 2.61 bits per heavy atom. The van der Waals surface area contributed by atoms with Gasteiger partial charge in [0.25, 0.3) is 0 Å². The molecule has 2 heterocycles. The van der Waals surface area contributed by atoms with Crippen molar-refractivity contribution in [3.8, 4) is 23.0 Å². The molecule has 0 atom stereocenters. The van der Waals surface area contributed by atoms with Gasteiger partial charge in [0, 0.05) is 30.9 Å². The Bertz CT molecular complexity index is 1080. The van der Waals surface area contributed by atoms with Gasteiger partial charge in [0.1, 0.15) is 0 Å². The maximum atomic E-state index is 4.11. The molecule has 0 fully saturated rings. The van der Waals surface area contributed by atoms with Crippen molar-refractivity contribution in [3.05, 3.63) is 94.5 Å². The molecule has 0 saturated carbocycles. The van der Waals surface area contributed by atoms with Crippen molar-refractivity contribution in [1.29, 1.82) is 0 Å². The van der Waals surface area contributed by atoms with Crippen molar-refractivity contribution in [1.82, 2.24) is 9.88 Å². The van der Waals surface area contributed by atoms with E-state index >= 15 is 0 Å². The molecule has 0 spiro atoms. The van der Waals surface area contributed by atoms with Crippen molar-refractivity contribution >= 4 is 17.4 Å². The smallest absolute Gasteiger partial charge is 0.0271 e. The number of hydrogen-bond donors (Lipinski definition) is 0. The summed E-state index contributed by atoms with van der Waals surface area (Å²) >= 11 is 1.73. The van der Waals surface area contributed by atoms with Crippen LogP contribution in [0.4, 0.5) is 0 Å². The third kappa shape index (κ3) is 8.02. The second kappa shape index (κ2) is 10.9. The Hall–Kier alpha value is -2.93. The first-order valence-corrected chi connectivity index (χ1v) is 11.4. The van der Waals surface area contributed by atoms with Crippen LogP contribution in [0.2, 0.25) is 0 Å². The van der Waals surface area contributed by atoms with Gasteiger partial charge in [0.2, 0.25) is 0 Å². The maximum Gasteiger partial charge on any atom is 0.0271 e. The highest BCUT2D eigenvalue weighted by atomic mass is 32.1. The van der Waals surface area contributed by atoms with Crippen LogP contribution in [0.5, 0.6) is 0 Å². The standard InChI is InChI=1S/C28H30N2S/c1-28(2,3)15-6-8-24(20-30(4)21-25-12-16-29-17-13-25)11-10-23-7-5-9-26(19-23)27-14-18-31-22-27/h5,7-14,16-19,22H,20-21H2,1-4H3/b11-10+,24-8+. The Labute approximate surface area is 191 Å². The van der Waals surface area contributed by atoms with Crippen molar-refractivity contribution in [3.63, 3.8) is 0 Å². The zero-order chi connectivity index (χ0) is 22.1. The summed E-state index contributed by atoms with van der Waals surface area (Å²) in [6.45, 7) is 8.09. The van der Waals surface area contributed by atoms with Gasteiger partial charge in [-0.25, -0.2) is 0 Å². The average molecular weight is 427 g/mol. The highest BCUT2D eigenvalue weighted by Crippen LogP contribution is 2.23. The van der Waals surface area contributed by atoms with Crippen LogP contribution < -0.4 is 0 Å². The van der Waals surface area contributed by atoms with Gasteiger partial charge in [-0.15, -0.1) is 0 Å². The molecule has 0 aliphatic rings. The largest absolute Gasteiger partial charge is 0.298 e. The summed E-state index contributed by atoms with van der Waals surface area (Å²) in [6, 6.07) is 14.9. The second-order valence-corrected chi connectivity index (χ2v) is 9.52. The second-order valence-electron chi connectivity index (χ2n) is 8.74. The van der Waals surface area contributed by atoms with Gasteiger partial charge in [-0.3, -0.25) is 9.88 Å². The number of rotatable bonds is 7. The van der Waals surface area contributed by atoms with Gasteiger partial charge in [0.15, 0.2) is 0 Å². The van der Waals surface area contributed by atoms with E-state index in [-0.39, 0.29) is 5.41 Å². The molecule has 3 aromatic rings. The topological polar surface area (TPSA) is 16.1 Å². The monoisotopic (exact) mass is 426 g/mol. The number of benzene rings is 1. The van der Waals surface area contributed by atoms with Crippen LogP contribution in [0.15, 0.2) is 83.3 Å². The average Bonchev–Trinajstić information content (AvgIpc) is 3.27. The van der Waals surface area contributed by atoms with Gasteiger partial charge in [0.05, 0.1) is 0 Å². The molecule has 0 aliphatic heterocycles. The third-order valence-electron chi connectivity index (χ3n) is 4.59. The first-order valence-electron chi connectivity index (χ1n) is 10.5. The van der Waals surface area contributed by atoms with Crippen LogP contribution >= 0.6 is 11.3 Å². The summed E-state index contributed by atoms with van der Waals surface area (Å²) in [4.78, 5) is 6.40. The third-order valence-corrected chi connectivity index (χ3v) is 5.27. The van der Waals surface area contributed by atoms with Crippen LogP contribution in [-0.2, 0) is 6.54 Å². The van der Waals surface area contributed by atoms with Crippen molar-refractivity contribution in [2.45, 2.75) is 27.3 Å². The van der Waals surface area contributed by atoms with Gasteiger partial charge in [-0.1, -0.05) is 42.2 Å². The Kier molecular flexibility index (Phi) is 8.00. The molecule has 0 aliphatic carbocycles. The highest BCUT2D eigenvalue weighted by Gasteiger charge is 2.05. The molecule has 0 unspecified atom stereocenters. The number of hydrogen-bond acceptors (Lipinski definition) is 3. The Balaban J connectivity index is 1.78. The number of likely N-dealkylation sites (N-methyl/N-ethyl adjacent to an activating group) is 1. The number of aromatic nitrogens is 1. The normalized spacial score (nSPS) is 12.2. The lowest BCUT2D eigenvalue weighted by molar-refractivity contribution is 0.358. The lowest BCUT2D eigenvalue weighted by Gasteiger charge is -2.17. The fraction of sp³-hybridized carbons (Fsp3) is 0.250. The summed E-state index contributed by atoms with van der Waals surface area (Å²) in [7, 11) is 2.14. The quantitative estimate of drug-likeness (QED) is 0.301. The van der Waals surface area contributed by atoms with Crippen LogP contribution in [0.25, 0.3) is 17.2 Å².